The van der Waals surface area contributed by atoms with Crippen LogP contribution in [0.15, 0.2) is 0 Å². The predicted molar refractivity (Wildman–Crippen MR) is 129 cm³/mol. The SMILES string of the molecule is CC(CCC(=O)NCCS(=O)(=O)[O-])[C@H]1CC[C@H]2[C@@H]3CC[C@@H]4C[C@H](O)CC[C@]4(C)[C@H]3C[C@H](O)[C@]12C.[Na+]. The molecule has 0 aliphatic heterocycles. The molecule has 4 rings (SSSR count). The van der Waals surface area contributed by atoms with Gasteiger partial charge in [0.2, 0.25) is 5.91 Å². The van der Waals surface area contributed by atoms with Crippen molar-refractivity contribution in [1.82, 2.24) is 5.32 Å². The second kappa shape index (κ2) is 11.2. The number of aliphatic hydroxyl groups excluding tert-OH is 2. The third kappa shape index (κ3) is 5.84. The van der Waals surface area contributed by atoms with Crippen molar-refractivity contribution >= 4 is 16.0 Å². The Morgan fingerprint density at radius 3 is 2.49 bits per heavy atom. The second-order valence-corrected chi connectivity index (χ2v) is 14.0. The molecule has 4 aliphatic rings. The third-order valence-corrected chi connectivity index (χ3v) is 11.7. The molecule has 9 heteroatoms. The number of carbonyl (C=O) groups is 1. The summed E-state index contributed by atoms with van der Waals surface area (Å²) in [6.07, 6.45) is 8.85. The summed E-state index contributed by atoms with van der Waals surface area (Å²) < 4.78 is 32.2. The number of rotatable bonds is 7. The van der Waals surface area contributed by atoms with Crippen LogP contribution >= 0.6 is 0 Å². The van der Waals surface area contributed by atoms with Crippen LogP contribution < -0.4 is 34.9 Å². The summed E-state index contributed by atoms with van der Waals surface area (Å²) in [6.45, 7) is 6.78. The smallest absolute Gasteiger partial charge is 0.748 e. The number of amides is 1. The van der Waals surface area contributed by atoms with Gasteiger partial charge in [-0.1, -0.05) is 20.8 Å². The molecule has 0 bridgehead atoms. The fourth-order valence-electron chi connectivity index (χ4n) is 9.12. The first-order chi connectivity index (χ1) is 15.9. The number of aliphatic hydroxyl groups is 2. The molecule has 0 spiro atoms. The van der Waals surface area contributed by atoms with Crippen LogP contribution in [0.25, 0.3) is 0 Å². The average molecular weight is 522 g/mol. The molecule has 196 valence electrons. The molecule has 7 nitrogen and oxygen atoms in total. The van der Waals surface area contributed by atoms with E-state index in [1.165, 1.54) is 12.8 Å². The fourth-order valence-corrected chi connectivity index (χ4v) is 9.48. The molecule has 0 aromatic rings. The fraction of sp³-hybridized carbons (Fsp3) is 0.962. The molecule has 3 N–H and O–H groups in total. The van der Waals surface area contributed by atoms with Crippen LogP contribution in [-0.4, -0.2) is 53.6 Å². The zero-order valence-electron chi connectivity index (χ0n) is 22.0. The Morgan fingerprint density at radius 1 is 1.09 bits per heavy atom. The van der Waals surface area contributed by atoms with Gasteiger partial charge in [0, 0.05) is 13.0 Å². The van der Waals surface area contributed by atoms with E-state index in [1.807, 2.05) is 0 Å². The van der Waals surface area contributed by atoms with E-state index in [1.54, 1.807) is 0 Å². The summed E-state index contributed by atoms with van der Waals surface area (Å²) in [7, 11) is -4.32. The van der Waals surface area contributed by atoms with Gasteiger partial charge in [-0.25, -0.2) is 8.42 Å². The number of fused-ring (bicyclic) bond motifs is 5. The minimum Gasteiger partial charge on any atom is -0.748 e. The van der Waals surface area contributed by atoms with Gasteiger partial charge in [-0.15, -0.1) is 0 Å². The Hall–Kier alpha value is 0.300. The molecule has 0 saturated heterocycles. The molecule has 4 aliphatic carbocycles. The van der Waals surface area contributed by atoms with Gasteiger partial charge < -0.3 is 20.1 Å². The zero-order chi connectivity index (χ0) is 24.9. The summed E-state index contributed by atoms with van der Waals surface area (Å²) in [5.74, 6) is 2.10. The van der Waals surface area contributed by atoms with Crippen LogP contribution in [0.5, 0.6) is 0 Å². The van der Waals surface area contributed by atoms with Crippen LogP contribution in [0.3, 0.4) is 0 Å². The van der Waals surface area contributed by atoms with Gasteiger partial charge >= 0.3 is 29.6 Å². The Morgan fingerprint density at radius 2 is 1.80 bits per heavy atom. The molecule has 0 radical (unpaired) electrons. The molecule has 4 saturated carbocycles. The van der Waals surface area contributed by atoms with Crippen LogP contribution in [0.1, 0.15) is 85.0 Å². The molecular formula is C26H44NNaO6S. The topological polar surface area (TPSA) is 127 Å². The molecule has 35 heavy (non-hydrogen) atoms. The number of hydrogen-bond acceptors (Lipinski definition) is 6. The maximum absolute atomic E-state index is 12.2. The Bertz CT molecular complexity index is 870. The van der Waals surface area contributed by atoms with Crippen molar-refractivity contribution in [3.8, 4) is 0 Å². The summed E-state index contributed by atoms with van der Waals surface area (Å²) >= 11 is 0. The van der Waals surface area contributed by atoms with Crippen LogP contribution in [0.4, 0.5) is 0 Å². The van der Waals surface area contributed by atoms with Gasteiger partial charge in [-0.2, -0.15) is 0 Å². The van der Waals surface area contributed by atoms with Gasteiger partial charge in [0.25, 0.3) is 0 Å². The minimum atomic E-state index is -4.32. The van der Waals surface area contributed by atoms with Gasteiger partial charge in [-0.05, 0) is 104 Å². The molecule has 1 unspecified atom stereocenters. The average Bonchev–Trinajstić information content (AvgIpc) is 3.11. The molecular weight excluding hydrogens is 477 g/mol. The van der Waals surface area contributed by atoms with E-state index < -0.39 is 15.9 Å². The van der Waals surface area contributed by atoms with Crippen molar-refractivity contribution in [3.05, 3.63) is 0 Å². The van der Waals surface area contributed by atoms with E-state index in [0.29, 0.717) is 42.4 Å². The quantitative estimate of drug-likeness (QED) is 0.321. The molecule has 0 heterocycles. The largest absolute Gasteiger partial charge is 1.00 e. The maximum atomic E-state index is 12.2. The molecule has 0 aromatic carbocycles. The van der Waals surface area contributed by atoms with Crippen molar-refractivity contribution in [2.75, 3.05) is 12.3 Å². The monoisotopic (exact) mass is 521 g/mol. The predicted octanol–water partition coefficient (Wildman–Crippen LogP) is 0.0587. The molecule has 0 aromatic heterocycles. The van der Waals surface area contributed by atoms with Crippen molar-refractivity contribution in [3.63, 3.8) is 0 Å². The van der Waals surface area contributed by atoms with Crippen molar-refractivity contribution < 1.29 is 57.5 Å². The summed E-state index contributed by atoms with van der Waals surface area (Å²) in [5.41, 5.74) is 0.0922. The minimum absolute atomic E-state index is 0. The van der Waals surface area contributed by atoms with Crippen LogP contribution in [0, 0.1) is 46.3 Å². The van der Waals surface area contributed by atoms with E-state index in [9.17, 15) is 28.0 Å². The van der Waals surface area contributed by atoms with Gasteiger partial charge in [0.05, 0.1) is 28.1 Å². The van der Waals surface area contributed by atoms with Crippen molar-refractivity contribution in [1.29, 1.82) is 0 Å². The first kappa shape index (κ1) is 29.9. The Labute approximate surface area is 233 Å². The molecule has 10 atom stereocenters. The normalized spacial score (nSPS) is 43.8. The first-order valence-electron chi connectivity index (χ1n) is 13.4. The maximum Gasteiger partial charge on any atom is 1.00 e. The van der Waals surface area contributed by atoms with Crippen molar-refractivity contribution in [2.45, 2.75) is 97.2 Å². The van der Waals surface area contributed by atoms with E-state index in [0.717, 1.165) is 38.5 Å². The zero-order valence-corrected chi connectivity index (χ0v) is 24.9. The Balaban J connectivity index is 0.00000342. The Kier molecular flexibility index (Phi) is 9.54. The van der Waals surface area contributed by atoms with E-state index in [4.69, 9.17) is 0 Å². The molecule has 1 amide bonds. The van der Waals surface area contributed by atoms with E-state index in [-0.39, 0.29) is 71.0 Å². The third-order valence-electron chi connectivity index (χ3n) is 11.0. The van der Waals surface area contributed by atoms with Gasteiger partial charge in [-0.3, -0.25) is 4.79 Å². The summed E-state index contributed by atoms with van der Waals surface area (Å²) in [5, 5.41) is 24.4. The number of hydrogen-bond donors (Lipinski definition) is 3. The van der Waals surface area contributed by atoms with Gasteiger partial charge in [0.1, 0.15) is 0 Å². The van der Waals surface area contributed by atoms with Crippen LogP contribution in [-0.2, 0) is 14.9 Å². The van der Waals surface area contributed by atoms with E-state index in [2.05, 4.69) is 26.1 Å². The first-order valence-corrected chi connectivity index (χ1v) is 15.0. The number of nitrogens with one attached hydrogen (secondary N) is 1. The molecule has 4 fully saturated rings. The van der Waals surface area contributed by atoms with Gasteiger partial charge in [0.15, 0.2) is 0 Å². The summed E-state index contributed by atoms with van der Waals surface area (Å²) in [6, 6.07) is 0. The number of carbonyl (C=O) groups excluding carboxylic acids is 1. The van der Waals surface area contributed by atoms with Crippen molar-refractivity contribution in [2.24, 2.45) is 46.3 Å². The van der Waals surface area contributed by atoms with E-state index >= 15 is 0 Å². The standard InChI is InChI=1S/C26H45NO6S.Na/c1-16(4-9-24(30)27-12-13-34(31,32)33)20-7-8-21-19-6-5-17-14-18(28)10-11-25(17,2)22(19)15-23(29)26(20,21)3;/h16-23,28-29H,4-15H2,1-3H3,(H,27,30)(H,31,32,33);/q;+1/p-1/t16?,17-,18-,19+,20-,21+,22+,23+,25+,26-;/m1./s1. The second-order valence-electron chi connectivity index (χ2n) is 12.5. The van der Waals surface area contributed by atoms with Crippen LogP contribution in [0.2, 0.25) is 0 Å². The summed E-state index contributed by atoms with van der Waals surface area (Å²) in [4.78, 5) is 12.2.